The molecule has 2 rings (SSSR count). The molecule has 1 aromatic rings. The first-order valence-electron chi connectivity index (χ1n) is 8.10. The zero-order chi connectivity index (χ0) is 15.2. The van der Waals surface area contributed by atoms with E-state index >= 15 is 0 Å². The fourth-order valence-electron chi connectivity index (χ4n) is 3.10. The van der Waals surface area contributed by atoms with Crippen LogP contribution in [0.5, 0.6) is 0 Å². The van der Waals surface area contributed by atoms with Crippen molar-refractivity contribution in [2.45, 2.75) is 64.9 Å². The molecular formula is C16H26BrN3O. The van der Waals surface area contributed by atoms with E-state index in [1.165, 1.54) is 32.1 Å². The van der Waals surface area contributed by atoms with E-state index in [2.05, 4.69) is 27.8 Å². The first-order chi connectivity index (χ1) is 10.2. The molecule has 0 saturated heterocycles. The quantitative estimate of drug-likeness (QED) is 0.819. The van der Waals surface area contributed by atoms with Crippen molar-refractivity contribution < 1.29 is 4.74 Å². The molecule has 0 bridgehead atoms. The number of rotatable bonds is 6. The monoisotopic (exact) mass is 355 g/mol. The highest BCUT2D eigenvalue weighted by atomic mass is 79.9. The number of hydrogen-bond acceptors (Lipinski definition) is 4. The summed E-state index contributed by atoms with van der Waals surface area (Å²) in [5.41, 5.74) is 7.06. The van der Waals surface area contributed by atoms with Crippen LogP contribution >= 0.6 is 15.9 Å². The molecule has 1 aliphatic rings. The largest absolute Gasteiger partial charge is 0.383 e. The van der Waals surface area contributed by atoms with E-state index in [0.717, 1.165) is 28.8 Å². The van der Waals surface area contributed by atoms with Crippen molar-refractivity contribution in [3.05, 3.63) is 16.0 Å². The van der Waals surface area contributed by atoms with Crippen molar-refractivity contribution in [3.63, 3.8) is 0 Å². The van der Waals surface area contributed by atoms with Gasteiger partial charge in [0.1, 0.15) is 11.9 Å². The summed E-state index contributed by atoms with van der Waals surface area (Å²) in [6.07, 6.45) is 8.23. The number of halogens is 1. The molecule has 1 saturated carbocycles. The van der Waals surface area contributed by atoms with Crippen LogP contribution in [0, 0.1) is 5.92 Å². The van der Waals surface area contributed by atoms with Crippen LogP contribution in [0.3, 0.4) is 0 Å². The second kappa shape index (κ2) is 8.08. The molecule has 1 aromatic heterocycles. The Bertz CT molecular complexity index is 461. The van der Waals surface area contributed by atoms with Gasteiger partial charge in [-0.1, -0.05) is 32.6 Å². The van der Waals surface area contributed by atoms with Crippen molar-refractivity contribution in [3.8, 4) is 0 Å². The van der Waals surface area contributed by atoms with Gasteiger partial charge in [-0.15, -0.1) is 0 Å². The highest BCUT2D eigenvalue weighted by Gasteiger charge is 2.28. The van der Waals surface area contributed by atoms with Gasteiger partial charge in [-0.2, -0.15) is 0 Å². The number of nitrogen functional groups attached to an aromatic ring is 1. The molecule has 4 nitrogen and oxygen atoms in total. The summed E-state index contributed by atoms with van der Waals surface area (Å²) in [5.74, 6) is 1.82. The van der Waals surface area contributed by atoms with Crippen LogP contribution in [0.15, 0.2) is 4.47 Å². The van der Waals surface area contributed by atoms with Gasteiger partial charge < -0.3 is 10.5 Å². The highest BCUT2D eigenvalue weighted by Crippen LogP contribution is 2.36. The molecule has 0 amide bonds. The van der Waals surface area contributed by atoms with Gasteiger partial charge in [-0.25, -0.2) is 9.97 Å². The Labute approximate surface area is 136 Å². The third-order valence-electron chi connectivity index (χ3n) is 4.13. The number of aryl methyl sites for hydroxylation is 1. The van der Waals surface area contributed by atoms with Crippen LogP contribution in [0.4, 0.5) is 5.82 Å². The van der Waals surface area contributed by atoms with E-state index in [-0.39, 0.29) is 6.10 Å². The molecule has 1 unspecified atom stereocenters. The number of nitrogens with zero attached hydrogens (tertiary/aromatic N) is 2. The van der Waals surface area contributed by atoms with Crippen molar-refractivity contribution in [2.24, 2.45) is 5.92 Å². The maximum Gasteiger partial charge on any atom is 0.160 e. The molecule has 21 heavy (non-hydrogen) atoms. The second-order valence-electron chi connectivity index (χ2n) is 5.75. The Kier molecular flexibility index (Phi) is 6.42. The van der Waals surface area contributed by atoms with E-state index in [0.29, 0.717) is 18.3 Å². The van der Waals surface area contributed by atoms with Crippen molar-refractivity contribution in [1.82, 2.24) is 9.97 Å². The predicted octanol–water partition coefficient (Wildman–Crippen LogP) is 4.43. The van der Waals surface area contributed by atoms with Crippen molar-refractivity contribution >= 4 is 21.7 Å². The molecule has 0 spiro atoms. The molecule has 0 aromatic carbocycles. The minimum Gasteiger partial charge on any atom is -0.383 e. The first-order valence-corrected chi connectivity index (χ1v) is 8.90. The zero-order valence-corrected chi connectivity index (χ0v) is 14.7. The van der Waals surface area contributed by atoms with Crippen molar-refractivity contribution in [1.29, 1.82) is 0 Å². The fourth-order valence-corrected chi connectivity index (χ4v) is 3.48. The van der Waals surface area contributed by atoms with Gasteiger partial charge in [0.15, 0.2) is 5.82 Å². The molecular weight excluding hydrogens is 330 g/mol. The SMILES string of the molecule is CCCc1nc(C(OCC)C2CCCCC2)nc(N)c1Br. The summed E-state index contributed by atoms with van der Waals surface area (Å²) >= 11 is 3.51. The second-order valence-corrected chi connectivity index (χ2v) is 6.54. The van der Waals surface area contributed by atoms with E-state index in [1.54, 1.807) is 0 Å². The van der Waals surface area contributed by atoms with Gasteiger partial charge in [-0.3, -0.25) is 0 Å². The third-order valence-corrected chi connectivity index (χ3v) is 4.99. The number of ether oxygens (including phenoxy) is 1. The topological polar surface area (TPSA) is 61.0 Å². The zero-order valence-electron chi connectivity index (χ0n) is 13.1. The summed E-state index contributed by atoms with van der Waals surface area (Å²) in [7, 11) is 0. The highest BCUT2D eigenvalue weighted by molar-refractivity contribution is 9.10. The van der Waals surface area contributed by atoms with Gasteiger partial charge in [0.2, 0.25) is 0 Å². The molecule has 2 N–H and O–H groups in total. The van der Waals surface area contributed by atoms with Gasteiger partial charge in [-0.05, 0) is 48.0 Å². The van der Waals surface area contributed by atoms with Gasteiger partial charge in [0, 0.05) is 6.61 Å². The van der Waals surface area contributed by atoms with Crippen LogP contribution in [0.1, 0.15) is 70.0 Å². The number of anilines is 1. The first kappa shape index (κ1) is 16.7. The minimum atomic E-state index is -0.0127. The summed E-state index contributed by atoms with van der Waals surface area (Å²) in [6, 6.07) is 0. The lowest BCUT2D eigenvalue weighted by atomic mass is 9.85. The fraction of sp³-hybridized carbons (Fsp3) is 0.750. The summed E-state index contributed by atoms with van der Waals surface area (Å²) in [6.45, 7) is 4.86. The Hall–Kier alpha value is -0.680. The van der Waals surface area contributed by atoms with Gasteiger partial charge >= 0.3 is 0 Å². The molecule has 1 aliphatic carbocycles. The molecule has 0 radical (unpaired) electrons. The Balaban J connectivity index is 2.30. The molecule has 1 heterocycles. The van der Waals surface area contributed by atoms with Crippen LogP contribution in [0.25, 0.3) is 0 Å². The van der Waals surface area contributed by atoms with E-state index < -0.39 is 0 Å². The maximum absolute atomic E-state index is 6.06. The summed E-state index contributed by atoms with van der Waals surface area (Å²) in [4.78, 5) is 9.26. The average Bonchev–Trinajstić information content (AvgIpc) is 2.50. The minimum absolute atomic E-state index is 0.0127. The molecule has 118 valence electrons. The Morgan fingerprint density at radius 2 is 1.95 bits per heavy atom. The lowest BCUT2D eigenvalue weighted by Crippen LogP contribution is -2.22. The Morgan fingerprint density at radius 3 is 2.57 bits per heavy atom. The maximum atomic E-state index is 6.06. The van der Waals surface area contributed by atoms with Crippen molar-refractivity contribution in [2.75, 3.05) is 12.3 Å². The van der Waals surface area contributed by atoms with E-state index in [4.69, 9.17) is 15.5 Å². The van der Waals surface area contributed by atoms with Crippen LogP contribution in [-0.2, 0) is 11.2 Å². The summed E-state index contributed by atoms with van der Waals surface area (Å²) < 4.78 is 6.84. The smallest absolute Gasteiger partial charge is 0.160 e. The standard InChI is InChI=1S/C16H26BrN3O/c1-3-8-12-13(17)15(18)20-16(19-12)14(21-4-2)11-9-6-5-7-10-11/h11,14H,3-10H2,1-2H3,(H2,18,19,20). The van der Waals surface area contributed by atoms with E-state index in [1.807, 2.05) is 6.92 Å². The average molecular weight is 356 g/mol. The molecule has 1 fully saturated rings. The third kappa shape index (κ3) is 4.16. The van der Waals surface area contributed by atoms with Crippen LogP contribution < -0.4 is 5.73 Å². The number of nitrogens with two attached hydrogens (primary N) is 1. The molecule has 0 aliphatic heterocycles. The van der Waals surface area contributed by atoms with Crippen LogP contribution in [-0.4, -0.2) is 16.6 Å². The van der Waals surface area contributed by atoms with Crippen LogP contribution in [0.2, 0.25) is 0 Å². The molecule has 5 heteroatoms. The lowest BCUT2D eigenvalue weighted by Gasteiger charge is -2.29. The van der Waals surface area contributed by atoms with E-state index in [9.17, 15) is 0 Å². The summed E-state index contributed by atoms with van der Waals surface area (Å²) in [5, 5.41) is 0. The van der Waals surface area contributed by atoms with Gasteiger partial charge in [0.25, 0.3) is 0 Å². The molecule has 1 atom stereocenters. The number of aromatic nitrogens is 2. The lowest BCUT2D eigenvalue weighted by molar-refractivity contribution is -0.000247. The number of hydrogen-bond donors (Lipinski definition) is 1. The normalized spacial score (nSPS) is 17.9. The predicted molar refractivity (Wildman–Crippen MR) is 89.1 cm³/mol. The Morgan fingerprint density at radius 1 is 1.24 bits per heavy atom. The van der Waals surface area contributed by atoms with Gasteiger partial charge in [0.05, 0.1) is 10.2 Å².